The van der Waals surface area contributed by atoms with Crippen LogP contribution in [0.1, 0.15) is 18.1 Å². The number of carbonyl (C=O) groups is 1. The van der Waals surface area contributed by atoms with Gasteiger partial charge < -0.3 is 22.2 Å². The Morgan fingerprint density at radius 1 is 1.18 bits per heavy atom. The minimum atomic E-state index is -0.732. The summed E-state index contributed by atoms with van der Waals surface area (Å²) in [7, 11) is 1.68. The number of hydrogen-bond acceptors (Lipinski definition) is 6. The average Bonchev–Trinajstić information content (AvgIpc) is 2.82. The van der Waals surface area contributed by atoms with Gasteiger partial charge in [0.15, 0.2) is 11.5 Å². The molecule has 1 amide bonds. The first-order valence-electron chi connectivity index (χ1n) is 10.7. The van der Waals surface area contributed by atoms with E-state index < -0.39 is 17.3 Å². The first-order valence-corrected chi connectivity index (χ1v) is 10.7. The lowest BCUT2D eigenvalue weighted by atomic mass is 10.1. The molecule has 3 aromatic rings. The zero-order valence-electron chi connectivity index (χ0n) is 19.1. The summed E-state index contributed by atoms with van der Waals surface area (Å²) in [4.78, 5) is 26.0. The van der Waals surface area contributed by atoms with Crippen molar-refractivity contribution in [2.24, 2.45) is 5.73 Å². The number of nitrogens with one attached hydrogen (secondary N) is 3. The standard InChI is InChI=1S/C24H28FN7O2/c1-3-31(2)30-22-19(25)12-20(17-5-4-6-18(26)11-17)32(24(22)34)14-21(33)29-13-15-7-9-16(10-8-15)23(27)28/h4-12,30H,3,13-14,26H2,1-2H3,(H3,27,28)(H,29,33). The molecule has 9 nitrogen and oxygen atoms in total. The van der Waals surface area contributed by atoms with Gasteiger partial charge in [-0.2, -0.15) is 0 Å². The topological polar surface area (TPSA) is 142 Å². The third-order valence-electron chi connectivity index (χ3n) is 5.27. The Balaban J connectivity index is 1.90. The van der Waals surface area contributed by atoms with E-state index in [0.29, 0.717) is 23.4 Å². The number of rotatable bonds is 9. The third kappa shape index (κ3) is 5.78. The summed E-state index contributed by atoms with van der Waals surface area (Å²) in [6.07, 6.45) is 0. The average molecular weight is 466 g/mol. The zero-order valence-corrected chi connectivity index (χ0v) is 19.1. The molecule has 1 aromatic heterocycles. The second-order valence-corrected chi connectivity index (χ2v) is 7.78. The SMILES string of the molecule is CCN(C)Nc1c(F)cc(-c2cccc(N)c2)n(CC(=O)NCc2ccc(C(=N)N)cc2)c1=O. The number of carbonyl (C=O) groups excluding carboxylic acids is 1. The van der Waals surface area contributed by atoms with Crippen LogP contribution in [-0.4, -0.2) is 34.9 Å². The van der Waals surface area contributed by atoms with Crippen LogP contribution in [0.2, 0.25) is 0 Å². The lowest BCUT2D eigenvalue weighted by Gasteiger charge is -2.20. The number of amides is 1. The van der Waals surface area contributed by atoms with Crippen LogP contribution >= 0.6 is 0 Å². The van der Waals surface area contributed by atoms with E-state index >= 15 is 0 Å². The van der Waals surface area contributed by atoms with E-state index in [9.17, 15) is 14.0 Å². The Bertz CT molecular complexity index is 1260. The van der Waals surface area contributed by atoms with Gasteiger partial charge in [-0.25, -0.2) is 9.40 Å². The van der Waals surface area contributed by atoms with Gasteiger partial charge in [0.1, 0.15) is 12.4 Å². The van der Waals surface area contributed by atoms with Crippen molar-refractivity contribution >= 4 is 23.1 Å². The van der Waals surface area contributed by atoms with Gasteiger partial charge in [0, 0.05) is 43.0 Å². The Morgan fingerprint density at radius 2 is 1.88 bits per heavy atom. The van der Waals surface area contributed by atoms with Gasteiger partial charge in [-0.15, -0.1) is 0 Å². The van der Waals surface area contributed by atoms with Crippen molar-refractivity contribution in [3.8, 4) is 11.3 Å². The molecule has 0 atom stereocenters. The Kier molecular flexibility index (Phi) is 7.64. The number of benzene rings is 2. The molecule has 1 heterocycles. The van der Waals surface area contributed by atoms with Crippen molar-refractivity contribution in [1.29, 1.82) is 5.41 Å². The molecule has 34 heavy (non-hydrogen) atoms. The second kappa shape index (κ2) is 10.6. The molecule has 0 fully saturated rings. The molecule has 2 aromatic carbocycles. The maximum atomic E-state index is 14.9. The predicted octanol–water partition coefficient (Wildman–Crippen LogP) is 2.12. The lowest BCUT2D eigenvalue weighted by molar-refractivity contribution is -0.121. The van der Waals surface area contributed by atoms with E-state index in [2.05, 4.69) is 10.7 Å². The number of nitrogens with two attached hydrogens (primary N) is 2. The Labute approximate surface area is 196 Å². The highest BCUT2D eigenvalue weighted by atomic mass is 19.1. The van der Waals surface area contributed by atoms with Gasteiger partial charge in [-0.1, -0.05) is 43.3 Å². The van der Waals surface area contributed by atoms with Crippen LogP contribution in [0.25, 0.3) is 11.3 Å². The molecule has 3 rings (SSSR count). The quantitative estimate of drug-likeness (QED) is 0.142. The van der Waals surface area contributed by atoms with Gasteiger partial charge in [-0.05, 0) is 17.7 Å². The van der Waals surface area contributed by atoms with Crippen molar-refractivity contribution in [2.75, 3.05) is 24.8 Å². The molecule has 0 unspecified atom stereocenters. The molecule has 0 radical (unpaired) electrons. The molecule has 0 saturated heterocycles. The van der Waals surface area contributed by atoms with Crippen LogP contribution in [0, 0.1) is 11.2 Å². The molecule has 0 aliphatic rings. The number of hydrogen-bond donors (Lipinski definition) is 5. The minimum absolute atomic E-state index is 0.0431. The highest BCUT2D eigenvalue weighted by Crippen LogP contribution is 2.24. The van der Waals surface area contributed by atoms with Crippen LogP contribution in [0.15, 0.2) is 59.4 Å². The highest BCUT2D eigenvalue weighted by molar-refractivity contribution is 5.94. The summed E-state index contributed by atoms with van der Waals surface area (Å²) < 4.78 is 16.1. The summed E-state index contributed by atoms with van der Waals surface area (Å²) in [5.41, 5.74) is 15.7. The Hall–Kier alpha value is -4.18. The van der Waals surface area contributed by atoms with E-state index in [0.717, 1.165) is 5.56 Å². The van der Waals surface area contributed by atoms with Gasteiger partial charge in [0.2, 0.25) is 5.91 Å². The monoisotopic (exact) mass is 465 g/mol. The van der Waals surface area contributed by atoms with E-state index in [4.69, 9.17) is 16.9 Å². The predicted molar refractivity (Wildman–Crippen MR) is 132 cm³/mol. The van der Waals surface area contributed by atoms with Crippen LogP contribution in [0.5, 0.6) is 0 Å². The van der Waals surface area contributed by atoms with Crippen molar-refractivity contribution in [1.82, 2.24) is 14.9 Å². The summed E-state index contributed by atoms with van der Waals surface area (Å²) in [6, 6.07) is 14.8. The first-order chi connectivity index (χ1) is 16.2. The van der Waals surface area contributed by atoms with Gasteiger partial charge in [0.05, 0.1) is 5.69 Å². The number of amidine groups is 1. The Morgan fingerprint density at radius 3 is 2.50 bits per heavy atom. The molecular formula is C24H28FN7O2. The van der Waals surface area contributed by atoms with Crippen LogP contribution in [0.3, 0.4) is 0 Å². The van der Waals surface area contributed by atoms with E-state index in [-0.39, 0.29) is 30.3 Å². The second-order valence-electron chi connectivity index (χ2n) is 7.78. The van der Waals surface area contributed by atoms with E-state index in [1.54, 1.807) is 60.6 Å². The normalized spacial score (nSPS) is 10.8. The van der Waals surface area contributed by atoms with Crippen molar-refractivity contribution < 1.29 is 9.18 Å². The molecule has 10 heteroatoms. The lowest BCUT2D eigenvalue weighted by Crippen LogP contribution is -2.36. The third-order valence-corrected chi connectivity index (χ3v) is 5.27. The van der Waals surface area contributed by atoms with Crippen molar-refractivity contribution in [2.45, 2.75) is 20.0 Å². The molecule has 0 aliphatic heterocycles. The zero-order chi connectivity index (χ0) is 24.8. The number of hydrazine groups is 1. The summed E-state index contributed by atoms with van der Waals surface area (Å²) in [6.45, 7) is 2.27. The fourth-order valence-corrected chi connectivity index (χ4v) is 3.28. The van der Waals surface area contributed by atoms with E-state index in [1.165, 1.54) is 10.6 Å². The summed E-state index contributed by atoms with van der Waals surface area (Å²) in [5, 5.41) is 11.8. The fraction of sp³-hybridized carbons (Fsp3) is 0.208. The molecule has 0 saturated carbocycles. The molecule has 178 valence electrons. The maximum Gasteiger partial charge on any atom is 0.279 e. The number of halogens is 1. The molecule has 0 bridgehead atoms. The van der Waals surface area contributed by atoms with Crippen molar-refractivity contribution in [3.63, 3.8) is 0 Å². The summed E-state index contributed by atoms with van der Waals surface area (Å²) >= 11 is 0. The first kappa shape index (κ1) is 24.5. The van der Waals surface area contributed by atoms with Crippen LogP contribution < -0.4 is 27.8 Å². The van der Waals surface area contributed by atoms with Gasteiger partial charge in [-0.3, -0.25) is 19.6 Å². The molecular weight excluding hydrogens is 437 g/mol. The van der Waals surface area contributed by atoms with Crippen LogP contribution in [0.4, 0.5) is 15.8 Å². The fourth-order valence-electron chi connectivity index (χ4n) is 3.28. The van der Waals surface area contributed by atoms with Crippen molar-refractivity contribution in [3.05, 3.63) is 81.9 Å². The van der Waals surface area contributed by atoms with Crippen LogP contribution in [-0.2, 0) is 17.9 Å². The summed E-state index contributed by atoms with van der Waals surface area (Å²) in [5.74, 6) is -1.20. The van der Waals surface area contributed by atoms with E-state index in [1.807, 2.05) is 6.92 Å². The van der Waals surface area contributed by atoms with Gasteiger partial charge >= 0.3 is 0 Å². The maximum absolute atomic E-state index is 14.9. The molecule has 0 aliphatic carbocycles. The number of pyridine rings is 1. The molecule has 0 spiro atoms. The number of nitrogens with zero attached hydrogens (tertiary/aromatic N) is 2. The number of anilines is 2. The highest BCUT2D eigenvalue weighted by Gasteiger charge is 2.19. The number of nitrogen functional groups attached to an aromatic ring is 2. The minimum Gasteiger partial charge on any atom is -0.399 e. The smallest absolute Gasteiger partial charge is 0.279 e. The largest absolute Gasteiger partial charge is 0.399 e. The molecule has 7 N–H and O–H groups in total. The number of aromatic nitrogens is 1. The van der Waals surface area contributed by atoms with Gasteiger partial charge in [0.25, 0.3) is 5.56 Å².